The van der Waals surface area contributed by atoms with Crippen LogP contribution in [0.1, 0.15) is 42.5 Å². The molecule has 2 nitrogen and oxygen atoms in total. The van der Waals surface area contributed by atoms with Crippen LogP contribution < -0.4 is 5.32 Å². The third-order valence-corrected chi connectivity index (χ3v) is 4.52. The lowest BCUT2D eigenvalue weighted by atomic mass is 10.00. The highest BCUT2D eigenvalue weighted by molar-refractivity contribution is 7.99. The number of nitrogens with one attached hydrogen (secondary N) is 1. The van der Waals surface area contributed by atoms with Crippen LogP contribution in [0.4, 0.5) is 0 Å². The molecular weight excluding hydrogens is 266 g/mol. The zero-order valence-corrected chi connectivity index (χ0v) is 14.2. The highest BCUT2D eigenvalue weighted by Crippen LogP contribution is 2.23. The fraction of sp³-hybridized carbons (Fsp3) is 0.647. The fourth-order valence-corrected chi connectivity index (χ4v) is 3.24. The Labute approximate surface area is 128 Å². The van der Waals surface area contributed by atoms with E-state index in [1.54, 1.807) is 7.11 Å². The van der Waals surface area contributed by atoms with E-state index in [0.29, 0.717) is 6.04 Å². The van der Waals surface area contributed by atoms with Gasteiger partial charge in [0.25, 0.3) is 0 Å². The lowest BCUT2D eigenvalue weighted by Crippen LogP contribution is -2.25. The molecule has 0 bridgehead atoms. The van der Waals surface area contributed by atoms with Gasteiger partial charge in [0.15, 0.2) is 0 Å². The van der Waals surface area contributed by atoms with Gasteiger partial charge >= 0.3 is 0 Å². The van der Waals surface area contributed by atoms with E-state index in [4.69, 9.17) is 4.74 Å². The van der Waals surface area contributed by atoms with Crippen LogP contribution in [0.2, 0.25) is 0 Å². The predicted octanol–water partition coefficient (Wildman–Crippen LogP) is 4.11. The van der Waals surface area contributed by atoms with Crippen molar-refractivity contribution < 1.29 is 4.74 Å². The zero-order valence-electron chi connectivity index (χ0n) is 13.4. The standard InChI is InChI=1S/C17H29NOS/c1-5-9-18-17(13-20-11-6-10-19-4)16-12-14(2)7-8-15(16)3/h7-8,12,17-18H,5-6,9-11,13H2,1-4H3. The van der Waals surface area contributed by atoms with Gasteiger partial charge in [0, 0.05) is 25.5 Å². The predicted molar refractivity (Wildman–Crippen MR) is 90.8 cm³/mol. The average Bonchev–Trinajstić information content (AvgIpc) is 2.45. The lowest BCUT2D eigenvalue weighted by Gasteiger charge is -2.21. The van der Waals surface area contributed by atoms with Gasteiger partial charge in [-0.3, -0.25) is 0 Å². The summed E-state index contributed by atoms with van der Waals surface area (Å²) in [6.45, 7) is 8.55. The number of rotatable bonds is 10. The number of hydrogen-bond donors (Lipinski definition) is 1. The van der Waals surface area contributed by atoms with Gasteiger partial charge in [0.05, 0.1) is 0 Å². The lowest BCUT2D eigenvalue weighted by molar-refractivity contribution is 0.200. The van der Waals surface area contributed by atoms with Crippen LogP contribution in [-0.2, 0) is 4.74 Å². The third-order valence-electron chi connectivity index (χ3n) is 3.37. The maximum Gasteiger partial charge on any atom is 0.0470 e. The van der Waals surface area contributed by atoms with Crippen molar-refractivity contribution >= 4 is 11.8 Å². The summed E-state index contributed by atoms with van der Waals surface area (Å²) in [5.74, 6) is 2.30. The fourth-order valence-electron chi connectivity index (χ4n) is 2.22. The molecule has 0 spiro atoms. The molecule has 0 radical (unpaired) electrons. The van der Waals surface area contributed by atoms with Crippen molar-refractivity contribution in [2.75, 3.05) is 31.8 Å². The van der Waals surface area contributed by atoms with E-state index in [-0.39, 0.29) is 0 Å². The van der Waals surface area contributed by atoms with Gasteiger partial charge in [-0.15, -0.1) is 0 Å². The van der Waals surface area contributed by atoms with Crippen molar-refractivity contribution in [1.82, 2.24) is 5.32 Å². The molecule has 0 saturated carbocycles. The smallest absolute Gasteiger partial charge is 0.0470 e. The van der Waals surface area contributed by atoms with Crippen LogP contribution in [0, 0.1) is 13.8 Å². The first-order valence-electron chi connectivity index (χ1n) is 7.56. The van der Waals surface area contributed by atoms with Gasteiger partial charge in [-0.05, 0) is 50.1 Å². The van der Waals surface area contributed by atoms with E-state index in [9.17, 15) is 0 Å². The number of benzene rings is 1. The van der Waals surface area contributed by atoms with Crippen molar-refractivity contribution in [2.24, 2.45) is 0 Å². The number of ether oxygens (including phenoxy) is 1. The Morgan fingerprint density at radius 1 is 1.30 bits per heavy atom. The molecule has 1 unspecified atom stereocenters. The summed E-state index contributed by atoms with van der Waals surface area (Å²) in [5, 5.41) is 3.69. The van der Waals surface area contributed by atoms with Gasteiger partial charge in [-0.25, -0.2) is 0 Å². The second-order valence-corrected chi connectivity index (χ2v) is 6.44. The normalized spacial score (nSPS) is 12.6. The number of thioether (sulfide) groups is 1. The van der Waals surface area contributed by atoms with Gasteiger partial charge in [0.2, 0.25) is 0 Å². The highest BCUT2D eigenvalue weighted by atomic mass is 32.2. The molecule has 1 atom stereocenters. The molecule has 0 aliphatic rings. The minimum Gasteiger partial charge on any atom is -0.385 e. The molecule has 0 aromatic heterocycles. The van der Waals surface area contributed by atoms with E-state index < -0.39 is 0 Å². The summed E-state index contributed by atoms with van der Waals surface area (Å²) in [6.07, 6.45) is 2.31. The van der Waals surface area contributed by atoms with Crippen molar-refractivity contribution in [3.05, 3.63) is 34.9 Å². The topological polar surface area (TPSA) is 21.3 Å². The Hall–Kier alpha value is -0.510. The molecule has 20 heavy (non-hydrogen) atoms. The minimum absolute atomic E-state index is 0.461. The van der Waals surface area contributed by atoms with Crippen LogP contribution >= 0.6 is 11.8 Å². The van der Waals surface area contributed by atoms with Gasteiger partial charge in [-0.2, -0.15) is 11.8 Å². The third kappa shape index (κ3) is 6.29. The van der Waals surface area contributed by atoms with Gasteiger partial charge < -0.3 is 10.1 Å². The molecule has 114 valence electrons. The Balaban J connectivity index is 2.60. The number of aryl methyl sites for hydroxylation is 2. The summed E-state index contributed by atoms with van der Waals surface area (Å²) in [4.78, 5) is 0. The molecule has 0 aliphatic carbocycles. The summed E-state index contributed by atoms with van der Waals surface area (Å²) in [6, 6.07) is 7.23. The molecule has 1 aromatic carbocycles. The molecule has 0 saturated heterocycles. The second-order valence-electron chi connectivity index (χ2n) is 5.29. The van der Waals surface area contributed by atoms with Crippen molar-refractivity contribution in [1.29, 1.82) is 0 Å². The van der Waals surface area contributed by atoms with Crippen molar-refractivity contribution in [3.63, 3.8) is 0 Å². The SMILES string of the molecule is CCCNC(CSCCCOC)c1cc(C)ccc1C. The first-order chi connectivity index (χ1) is 9.69. The Kier molecular flexibility index (Phi) is 8.99. The van der Waals surface area contributed by atoms with E-state index in [0.717, 1.165) is 25.3 Å². The summed E-state index contributed by atoms with van der Waals surface area (Å²) >= 11 is 2.02. The largest absolute Gasteiger partial charge is 0.385 e. The summed E-state index contributed by atoms with van der Waals surface area (Å²) < 4.78 is 5.10. The first kappa shape index (κ1) is 17.5. The van der Waals surface area contributed by atoms with E-state index >= 15 is 0 Å². The van der Waals surface area contributed by atoms with E-state index in [2.05, 4.69) is 44.3 Å². The molecule has 1 N–H and O–H groups in total. The van der Waals surface area contributed by atoms with Gasteiger partial charge in [0.1, 0.15) is 0 Å². The maximum atomic E-state index is 5.10. The zero-order chi connectivity index (χ0) is 14.8. The number of methoxy groups -OCH3 is 1. The van der Waals surface area contributed by atoms with Crippen LogP contribution in [0.25, 0.3) is 0 Å². The molecular formula is C17H29NOS. The van der Waals surface area contributed by atoms with Crippen molar-refractivity contribution in [3.8, 4) is 0 Å². The Bertz CT molecular complexity index is 381. The summed E-state index contributed by atoms with van der Waals surface area (Å²) in [7, 11) is 1.77. The van der Waals surface area contributed by atoms with Crippen LogP contribution in [0.3, 0.4) is 0 Å². The number of hydrogen-bond acceptors (Lipinski definition) is 3. The van der Waals surface area contributed by atoms with Crippen LogP contribution in [0.5, 0.6) is 0 Å². The highest BCUT2D eigenvalue weighted by Gasteiger charge is 2.13. The minimum atomic E-state index is 0.461. The van der Waals surface area contributed by atoms with Crippen LogP contribution in [0.15, 0.2) is 18.2 Å². The Morgan fingerprint density at radius 3 is 2.80 bits per heavy atom. The van der Waals surface area contributed by atoms with Crippen molar-refractivity contribution in [2.45, 2.75) is 39.7 Å². The first-order valence-corrected chi connectivity index (χ1v) is 8.71. The molecule has 0 heterocycles. The molecule has 0 fully saturated rings. The molecule has 1 aromatic rings. The molecule has 1 rings (SSSR count). The summed E-state index contributed by atoms with van der Waals surface area (Å²) in [5.41, 5.74) is 4.19. The van der Waals surface area contributed by atoms with Gasteiger partial charge in [-0.1, -0.05) is 30.7 Å². The van der Waals surface area contributed by atoms with E-state index in [1.165, 1.54) is 28.9 Å². The maximum absolute atomic E-state index is 5.10. The average molecular weight is 295 g/mol. The monoisotopic (exact) mass is 295 g/mol. The molecule has 0 aliphatic heterocycles. The molecule has 0 amide bonds. The van der Waals surface area contributed by atoms with E-state index in [1.807, 2.05) is 11.8 Å². The second kappa shape index (κ2) is 10.3. The molecule has 3 heteroatoms. The van der Waals surface area contributed by atoms with Crippen LogP contribution in [-0.4, -0.2) is 31.8 Å². The Morgan fingerprint density at radius 2 is 2.10 bits per heavy atom. The quantitative estimate of drug-likeness (QED) is 0.656.